The van der Waals surface area contributed by atoms with Gasteiger partial charge in [-0.05, 0) is 36.3 Å². The Morgan fingerprint density at radius 3 is 2.92 bits per heavy atom. The first kappa shape index (κ1) is 17.0. The lowest BCUT2D eigenvalue weighted by atomic mass is 9.97. The molecule has 0 radical (unpaired) electrons. The molecule has 0 spiro atoms. The predicted octanol–water partition coefficient (Wildman–Crippen LogP) is 4.14. The molecule has 2 aromatic heterocycles. The summed E-state index contributed by atoms with van der Waals surface area (Å²) in [5.74, 6) is 1.54. The number of rotatable bonds is 5. The molecule has 0 aliphatic carbocycles. The number of aromatic nitrogens is 2. The fourth-order valence-electron chi connectivity index (χ4n) is 3.36. The van der Waals surface area contributed by atoms with Gasteiger partial charge in [0.15, 0.2) is 0 Å². The lowest BCUT2D eigenvalue weighted by molar-refractivity contribution is -0.132. The maximum absolute atomic E-state index is 12.6. The van der Waals surface area contributed by atoms with Gasteiger partial charge in [0.2, 0.25) is 17.7 Å². The SMILES string of the molecule is O=C(CCc1ccccc1)N1CCCC(c2nnc(-c3ccsc3)o2)C1. The van der Waals surface area contributed by atoms with Gasteiger partial charge in [-0.2, -0.15) is 11.3 Å². The Hall–Kier alpha value is -2.47. The second kappa shape index (κ2) is 7.83. The average molecular weight is 367 g/mol. The van der Waals surface area contributed by atoms with Crippen LogP contribution in [0.1, 0.15) is 36.6 Å². The number of thiophene rings is 1. The quantitative estimate of drug-likeness (QED) is 0.680. The zero-order chi connectivity index (χ0) is 17.8. The topological polar surface area (TPSA) is 59.2 Å². The van der Waals surface area contributed by atoms with E-state index in [1.54, 1.807) is 11.3 Å². The number of amides is 1. The lowest BCUT2D eigenvalue weighted by Crippen LogP contribution is -2.39. The van der Waals surface area contributed by atoms with Gasteiger partial charge < -0.3 is 9.32 Å². The van der Waals surface area contributed by atoms with Gasteiger partial charge in [0, 0.05) is 30.5 Å². The number of aryl methyl sites for hydroxylation is 1. The Labute approximate surface area is 156 Å². The Balaban J connectivity index is 1.37. The van der Waals surface area contributed by atoms with Crippen molar-refractivity contribution in [1.29, 1.82) is 0 Å². The minimum absolute atomic E-state index is 0.129. The molecule has 0 N–H and O–H groups in total. The van der Waals surface area contributed by atoms with Crippen molar-refractivity contribution < 1.29 is 9.21 Å². The highest BCUT2D eigenvalue weighted by Gasteiger charge is 2.28. The van der Waals surface area contributed by atoms with E-state index in [9.17, 15) is 4.79 Å². The van der Waals surface area contributed by atoms with Crippen molar-refractivity contribution in [2.45, 2.75) is 31.6 Å². The molecule has 3 heterocycles. The highest BCUT2D eigenvalue weighted by molar-refractivity contribution is 7.08. The molecule has 1 amide bonds. The van der Waals surface area contributed by atoms with Gasteiger partial charge in [-0.1, -0.05) is 30.3 Å². The standard InChI is InChI=1S/C20H21N3O2S/c24-18(9-8-15-5-2-1-3-6-15)23-11-4-7-16(13-23)19-21-22-20(25-19)17-10-12-26-14-17/h1-3,5-6,10,12,14,16H,4,7-9,11,13H2. The summed E-state index contributed by atoms with van der Waals surface area (Å²) in [6.45, 7) is 1.48. The van der Waals surface area contributed by atoms with Crippen LogP contribution in [0.3, 0.4) is 0 Å². The number of likely N-dealkylation sites (tertiary alicyclic amines) is 1. The van der Waals surface area contributed by atoms with Crippen molar-refractivity contribution >= 4 is 17.2 Å². The number of benzene rings is 1. The fourth-order valence-corrected chi connectivity index (χ4v) is 3.99. The van der Waals surface area contributed by atoms with E-state index in [1.807, 2.05) is 39.9 Å². The smallest absolute Gasteiger partial charge is 0.248 e. The molecule has 1 saturated heterocycles. The molecule has 1 fully saturated rings. The van der Waals surface area contributed by atoms with Crippen LogP contribution in [-0.4, -0.2) is 34.1 Å². The molecule has 1 aliphatic heterocycles. The molecule has 6 heteroatoms. The summed E-state index contributed by atoms with van der Waals surface area (Å²) < 4.78 is 5.87. The molecular formula is C20H21N3O2S. The van der Waals surface area contributed by atoms with Gasteiger partial charge in [0.05, 0.1) is 5.92 Å². The van der Waals surface area contributed by atoms with Crippen LogP contribution in [0.2, 0.25) is 0 Å². The molecule has 3 aromatic rings. The summed E-state index contributed by atoms with van der Waals surface area (Å²) in [6, 6.07) is 12.1. The maximum Gasteiger partial charge on any atom is 0.248 e. The van der Waals surface area contributed by atoms with E-state index in [2.05, 4.69) is 22.3 Å². The van der Waals surface area contributed by atoms with E-state index < -0.39 is 0 Å². The number of carbonyl (C=O) groups is 1. The van der Waals surface area contributed by atoms with Crippen molar-refractivity contribution in [1.82, 2.24) is 15.1 Å². The average Bonchev–Trinajstić information content (AvgIpc) is 3.38. The van der Waals surface area contributed by atoms with Gasteiger partial charge in [-0.15, -0.1) is 10.2 Å². The van der Waals surface area contributed by atoms with Crippen LogP contribution in [0.4, 0.5) is 0 Å². The molecule has 1 unspecified atom stereocenters. The highest BCUT2D eigenvalue weighted by Crippen LogP contribution is 2.29. The Bertz CT molecular complexity index is 845. The lowest BCUT2D eigenvalue weighted by Gasteiger charge is -2.31. The molecule has 4 rings (SSSR count). The van der Waals surface area contributed by atoms with E-state index >= 15 is 0 Å². The fraction of sp³-hybridized carbons (Fsp3) is 0.350. The van der Waals surface area contributed by atoms with Crippen molar-refractivity contribution in [3.63, 3.8) is 0 Å². The number of nitrogens with zero attached hydrogens (tertiary/aromatic N) is 3. The molecule has 1 atom stereocenters. The third kappa shape index (κ3) is 3.85. The van der Waals surface area contributed by atoms with Crippen LogP contribution >= 0.6 is 11.3 Å². The molecule has 0 saturated carbocycles. The largest absolute Gasteiger partial charge is 0.420 e. The van der Waals surface area contributed by atoms with Crippen molar-refractivity contribution in [3.8, 4) is 11.5 Å². The summed E-state index contributed by atoms with van der Waals surface area (Å²) in [4.78, 5) is 14.6. The third-order valence-corrected chi connectivity index (χ3v) is 5.49. The summed E-state index contributed by atoms with van der Waals surface area (Å²) in [6.07, 6.45) is 3.27. The van der Waals surface area contributed by atoms with E-state index in [0.717, 1.165) is 31.4 Å². The Kier molecular flexibility index (Phi) is 5.11. The Morgan fingerprint density at radius 1 is 1.23 bits per heavy atom. The molecular weight excluding hydrogens is 346 g/mol. The van der Waals surface area contributed by atoms with E-state index in [0.29, 0.717) is 24.7 Å². The number of hydrogen-bond acceptors (Lipinski definition) is 5. The molecule has 0 bridgehead atoms. The van der Waals surface area contributed by atoms with Crippen molar-refractivity contribution in [3.05, 3.63) is 58.6 Å². The van der Waals surface area contributed by atoms with Gasteiger partial charge >= 0.3 is 0 Å². The van der Waals surface area contributed by atoms with Crippen LogP contribution in [0, 0.1) is 0 Å². The first-order valence-corrected chi connectivity index (χ1v) is 9.91. The minimum Gasteiger partial charge on any atom is -0.420 e. The molecule has 1 aromatic carbocycles. The summed E-state index contributed by atoms with van der Waals surface area (Å²) in [7, 11) is 0. The van der Waals surface area contributed by atoms with Crippen LogP contribution in [-0.2, 0) is 11.2 Å². The third-order valence-electron chi connectivity index (χ3n) is 4.80. The van der Waals surface area contributed by atoms with Gasteiger partial charge in [-0.25, -0.2) is 0 Å². The monoisotopic (exact) mass is 367 g/mol. The van der Waals surface area contributed by atoms with Gasteiger partial charge in [0.25, 0.3) is 0 Å². The summed E-state index contributed by atoms with van der Waals surface area (Å²) in [5, 5.41) is 12.4. The number of hydrogen-bond donors (Lipinski definition) is 0. The van der Waals surface area contributed by atoms with Crippen LogP contribution in [0.5, 0.6) is 0 Å². The first-order valence-electron chi connectivity index (χ1n) is 8.97. The molecule has 134 valence electrons. The highest BCUT2D eigenvalue weighted by atomic mass is 32.1. The van der Waals surface area contributed by atoms with E-state index in [4.69, 9.17) is 4.42 Å². The Morgan fingerprint density at radius 2 is 2.12 bits per heavy atom. The van der Waals surface area contributed by atoms with Gasteiger partial charge in [-0.3, -0.25) is 4.79 Å². The van der Waals surface area contributed by atoms with E-state index in [1.165, 1.54) is 5.56 Å². The first-order chi connectivity index (χ1) is 12.8. The van der Waals surface area contributed by atoms with Crippen molar-refractivity contribution in [2.24, 2.45) is 0 Å². The summed E-state index contributed by atoms with van der Waals surface area (Å²) >= 11 is 1.61. The maximum atomic E-state index is 12.6. The second-order valence-corrected chi connectivity index (χ2v) is 7.40. The summed E-state index contributed by atoms with van der Waals surface area (Å²) in [5.41, 5.74) is 2.16. The van der Waals surface area contributed by atoms with E-state index in [-0.39, 0.29) is 11.8 Å². The zero-order valence-corrected chi connectivity index (χ0v) is 15.3. The molecule has 5 nitrogen and oxygen atoms in total. The van der Waals surface area contributed by atoms with Crippen molar-refractivity contribution in [2.75, 3.05) is 13.1 Å². The zero-order valence-electron chi connectivity index (χ0n) is 14.5. The number of carbonyl (C=O) groups excluding carboxylic acids is 1. The minimum atomic E-state index is 0.129. The predicted molar refractivity (Wildman–Crippen MR) is 101 cm³/mol. The molecule has 26 heavy (non-hydrogen) atoms. The van der Waals surface area contributed by atoms with Crippen LogP contribution in [0.25, 0.3) is 11.5 Å². The second-order valence-electron chi connectivity index (χ2n) is 6.62. The van der Waals surface area contributed by atoms with Gasteiger partial charge in [0.1, 0.15) is 0 Å². The normalized spacial score (nSPS) is 17.4. The molecule has 1 aliphatic rings. The van der Waals surface area contributed by atoms with Crippen LogP contribution < -0.4 is 0 Å². The van der Waals surface area contributed by atoms with Crippen LogP contribution in [0.15, 0.2) is 51.6 Å². The number of piperidine rings is 1.